The van der Waals surface area contributed by atoms with Crippen molar-refractivity contribution >= 4 is 82.8 Å². The van der Waals surface area contributed by atoms with Gasteiger partial charge in [0.05, 0.1) is 57.2 Å². The first kappa shape index (κ1) is 47.2. The molecule has 2 unspecified atom stereocenters. The lowest BCUT2D eigenvalue weighted by Crippen LogP contribution is -2.33. The summed E-state index contributed by atoms with van der Waals surface area (Å²) in [7, 11) is 0. The van der Waals surface area contributed by atoms with Gasteiger partial charge in [0.1, 0.15) is 25.4 Å². The Morgan fingerprint density at radius 3 is 2.06 bits per heavy atom. The van der Waals surface area contributed by atoms with Gasteiger partial charge >= 0.3 is 13.4 Å². The molecule has 21 nitrogen and oxygen atoms in total. The number of benzene rings is 2. The number of amides is 2. The van der Waals surface area contributed by atoms with Crippen LogP contribution in [0.4, 0.5) is 11.6 Å². The summed E-state index contributed by atoms with van der Waals surface area (Å²) < 4.78 is 50.2. The normalized spacial score (nSPS) is 30.7. The molecule has 2 N–H and O–H groups in total. The van der Waals surface area contributed by atoms with Crippen molar-refractivity contribution in [3.63, 3.8) is 0 Å². The van der Waals surface area contributed by atoms with Crippen LogP contribution in [0.2, 0.25) is 0 Å². The third-order valence-electron chi connectivity index (χ3n) is 13.0. The number of nitriles is 1. The predicted molar refractivity (Wildman–Crippen MR) is 255 cm³/mol. The number of fused-ring (bicyclic) bond motifs is 4. The molecule has 2 aromatic carbocycles. The highest BCUT2D eigenvalue weighted by Crippen LogP contribution is 2.74. The van der Waals surface area contributed by atoms with Gasteiger partial charge in [-0.1, -0.05) is 50.2 Å². The van der Waals surface area contributed by atoms with Crippen molar-refractivity contribution < 1.29 is 41.5 Å². The van der Waals surface area contributed by atoms with E-state index in [2.05, 4.69) is 46.5 Å². The number of ether oxygens (including phenoxy) is 1. The molecule has 2 bridgehead atoms. The van der Waals surface area contributed by atoms with Crippen LogP contribution in [0.5, 0.6) is 0 Å². The van der Waals surface area contributed by atoms with Gasteiger partial charge in [-0.05, 0) is 60.2 Å². The molecule has 4 aromatic heterocycles. The van der Waals surface area contributed by atoms with Gasteiger partial charge in [-0.2, -0.15) is 5.26 Å². The third kappa shape index (κ3) is 9.10. The van der Waals surface area contributed by atoms with Gasteiger partial charge in [0.25, 0.3) is 11.8 Å². The Morgan fingerprint density at radius 1 is 0.841 bits per heavy atom. The number of carbonyl (C=O) groups is 2. The summed E-state index contributed by atoms with van der Waals surface area (Å²) in [5.74, 6) is -1.13. The fraction of sp³-hybridized carbons (Fsp3) is 0.409. The van der Waals surface area contributed by atoms with Crippen molar-refractivity contribution in [1.82, 2.24) is 39.0 Å². The van der Waals surface area contributed by atoms with E-state index >= 15 is 0 Å². The molecule has 2 saturated heterocycles. The summed E-state index contributed by atoms with van der Waals surface area (Å²) in [4.78, 5) is 57.0. The molecule has 10 rings (SSSR count). The predicted octanol–water partition coefficient (Wildman–Crippen LogP) is 7.03. The fourth-order valence-corrected chi connectivity index (χ4v) is 14.0. The Labute approximate surface area is 405 Å². The molecule has 69 heavy (non-hydrogen) atoms. The molecule has 6 aromatic rings. The zero-order valence-corrected chi connectivity index (χ0v) is 40.4. The standard InChI is InChI=1S/C44H44N12O9P2S2/c1-26-31-20-61-66(68,60-18-16-46-3)65-36-27(2)34(55-24-51-32-37(47-22-49-39(32)55)53-41(57)28-11-6-4-7-12-28)30-19-44(30,36)21-62-67(69,59-17-10-15-45)64-35(26)43(63-31)56-25-52-33-38(48-23-50-40(33)56)54-42(58)29-13-8-5-9-14-29/h4-9,11-14,22-27,30-31,34-36,43H,10,16-21H2,1-2H3,(H,47,49,53,57)(H,48,50,54,58)/t26-,27+,30-,31-,34+,35-,36+,43-,44-,66?,67?/m1/s1. The highest BCUT2D eigenvalue weighted by Gasteiger charge is 2.73. The average molecular weight is 1010 g/mol. The molecule has 25 heteroatoms. The number of hydrogen-bond donors (Lipinski definition) is 2. The van der Waals surface area contributed by atoms with Crippen molar-refractivity contribution in [2.45, 2.75) is 57.3 Å². The van der Waals surface area contributed by atoms with Crippen LogP contribution in [0.15, 0.2) is 86.0 Å². The Morgan fingerprint density at radius 2 is 1.43 bits per heavy atom. The largest absolute Gasteiger partial charge is 0.349 e. The molecule has 2 aliphatic heterocycles. The van der Waals surface area contributed by atoms with E-state index in [1.54, 1.807) is 59.4 Å². The van der Waals surface area contributed by atoms with Crippen LogP contribution in [-0.2, 0) is 55.5 Å². The average Bonchev–Trinajstić information content (AvgIpc) is 3.62. The number of aromatic nitrogens is 8. The molecule has 0 radical (unpaired) electrons. The highest BCUT2D eigenvalue weighted by molar-refractivity contribution is 8.07. The number of nitrogens with one attached hydrogen (secondary N) is 2. The highest BCUT2D eigenvalue weighted by atomic mass is 32.5. The van der Waals surface area contributed by atoms with Gasteiger partial charge in [-0.15, -0.1) is 0 Å². The van der Waals surface area contributed by atoms with Gasteiger partial charge in [0, 0.05) is 34.4 Å². The first-order chi connectivity index (χ1) is 33.4. The van der Waals surface area contributed by atoms with Gasteiger partial charge in [-0.25, -0.2) is 36.5 Å². The molecular formula is C44H44N12O9P2S2. The van der Waals surface area contributed by atoms with E-state index in [-0.39, 0.29) is 80.7 Å². The monoisotopic (exact) mass is 1010 g/mol. The SMILES string of the molecule is [C-]#[N+]CCOP1(=S)OC[C@H]2O[C@@H](n3cnc4c(NC(=O)c5ccccc5)ncnc43)[C@H](OP(=S)(OCCC#N)OC[C@]34C[C@@H]3[C@@H](n3cnc5c(NC(=O)c6ccccc6)ncnc53)[C@H](C)[C@@H]4O1)[C@@H]2C. The second-order valence-corrected chi connectivity index (χ2v) is 23.0. The van der Waals surface area contributed by atoms with Crippen LogP contribution in [0.3, 0.4) is 0 Å². The number of rotatable bonds is 12. The Hall–Kier alpha value is -5.52. The van der Waals surface area contributed by atoms with Crippen LogP contribution in [0, 0.1) is 41.1 Å². The smallest absolute Gasteiger partial charge is 0.327 e. The molecule has 4 aliphatic rings. The Bertz CT molecular complexity index is 3100. The lowest BCUT2D eigenvalue weighted by molar-refractivity contribution is -0.0542. The van der Waals surface area contributed by atoms with Crippen molar-refractivity contribution in [2.24, 2.45) is 23.2 Å². The molecule has 11 atom stereocenters. The minimum absolute atomic E-state index is 0.00610. The number of carbonyl (C=O) groups excluding carboxylic acids is 2. The summed E-state index contributed by atoms with van der Waals surface area (Å²) in [6, 6.07) is 19.3. The third-order valence-corrected chi connectivity index (χ3v) is 17.7. The first-order valence-electron chi connectivity index (χ1n) is 22.0. The summed E-state index contributed by atoms with van der Waals surface area (Å²) in [5, 5.41) is 15.3. The van der Waals surface area contributed by atoms with Gasteiger partial charge < -0.3 is 51.9 Å². The van der Waals surface area contributed by atoms with Crippen LogP contribution >= 0.6 is 13.4 Å². The molecule has 2 amide bonds. The second kappa shape index (κ2) is 19.3. The van der Waals surface area contributed by atoms with Crippen LogP contribution in [0.25, 0.3) is 27.2 Å². The van der Waals surface area contributed by atoms with Gasteiger partial charge in [-0.3, -0.25) is 14.2 Å². The van der Waals surface area contributed by atoms with Crippen LogP contribution < -0.4 is 10.6 Å². The van der Waals surface area contributed by atoms with Crippen molar-refractivity contribution in [1.29, 1.82) is 5.26 Å². The van der Waals surface area contributed by atoms with E-state index in [0.717, 1.165) is 0 Å². The lowest BCUT2D eigenvalue weighted by Gasteiger charge is -2.34. The van der Waals surface area contributed by atoms with Crippen LogP contribution in [-0.4, -0.2) is 102 Å². The number of hydrogen-bond acceptors (Lipinski definition) is 18. The fourth-order valence-electron chi connectivity index (χ4n) is 9.60. The lowest BCUT2D eigenvalue weighted by atomic mass is 9.94. The molecule has 2 aliphatic carbocycles. The first-order valence-corrected chi connectivity index (χ1v) is 27.1. The zero-order chi connectivity index (χ0) is 47.9. The van der Waals surface area contributed by atoms with E-state index in [1.165, 1.54) is 19.0 Å². The summed E-state index contributed by atoms with van der Waals surface area (Å²) in [5.41, 5.74) is 1.68. The summed E-state index contributed by atoms with van der Waals surface area (Å²) in [6.45, 7) is 3.84. The molecular weight excluding hydrogens is 967 g/mol. The van der Waals surface area contributed by atoms with E-state index in [1.807, 2.05) is 30.5 Å². The van der Waals surface area contributed by atoms with E-state index < -0.39 is 49.3 Å². The van der Waals surface area contributed by atoms with Crippen molar-refractivity contribution in [2.75, 3.05) is 43.6 Å². The van der Waals surface area contributed by atoms with E-state index in [4.69, 9.17) is 67.0 Å². The van der Waals surface area contributed by atoms with Crippen molar-refractivity contribution in [3.8, 4) is 6.07 Å². The second-order valence-electron chi connectivity index (χ2n) is 17.1. The Kier molecular flexibility index (Phi) is 13.2. The summed E-state index contributed by atoms with van der Waals surface area (Å²) >= 11 is 12.5. The molecule has 1 spiro atoms. The van der Waals surface area contributed by atoms with Crippen LogP contribution in [0.1, 0.15) is 59.7 Å². The molecule has 2 saturated carbocycles. The maximum atomic E-state index is 13.2. The maximum absolute atomic E-state index is 13.2. The zero-order valence-electron chi connectivity index (χ0n) is 37.0. The molecule has 6 heterocycles. The van der Waals surface area contributed by atoms with Gasteiger partial charge in [0.15, 0.2) is 40.2 Å². The number of imidazole rings is 2. The Balaban J connectivity index is 0.988. The number of anilines is 2. The minimum Gasteiger partial charge on any atom is -0.349 e. The van der Waals surface area contributed by atoms with Crippen molar-refractivity contribution in [3.05, 3.63) is 109 Å². The topological polar surface area (TPSA) is 238 Å². The van der Waals surface area contributed by atoms with E-state index in [0.29, 0.717) is 39.9 Å². The van der Waals surface area contributed by atoms with Gasteiger partial charge in [0.2, 0.25) is 6.54 Å². The maximum Gasteiger partial charge on any atom is 0.327 e. The van der Waals surface area contributed by atoms with E-state index in [9.17, 15) is 14.9 Å². The molecule has 356 valence electrons. The molecule has 4 fully saturated rings. The quantitative estimate of drug-likeness (QED) is 0.0710. The summed E-state index contributed by atoms with van der Waals surface area (Å²) in [6.07, 6.45) is 3.36. The minimum atomic E-state index is -3.74. The number of nitrogens with zero attached hydrogens (tertiary/aromatic N) is 10.